The number of hydrogen-bond acceptors (Lipinski definition) is 3. The zero-order valence-corrected chi connectivity index (χ0v) is 13.5. The number of nitrogens with one attached hydrogen (secondary N) is 2. The summed E-state index contributed by atoms with van der Waals surface area (Å²) in [5.74, 6) is -0.262. The molecule has 0 spiro atoms. The number of halogens is 2. The Morgan fingerprint density at radius 2 is 2.14 bits per heavy atom. The average molecular weight is 331 g/mol. The Morgan fingerprint density at radius 3 is 2.73 bits per heavy atom. The van der Waals surface area contributed by atoms with Crippen LogP contribution in [0.15, 0.2) is 24.3 Å². The molecule has 0 saturated carbocycles. The highest BCUT2D eigenvalue weighted by atomic mass is 35.5. The van der Waals surface area contributed by atoms with Crippen LogP contribution in [-0.2, 0) is 4.79 Å². The van der Waals surface area contributed by atoms with Gasteiger partial charge in [-0.15, -0.1) is 12.4 Å². The average Bonchev–Trinajstić information content (AvgIpc) is 2.48. The van der Waals surface area contributed by atoms with Gasteiger partial charge < -0.3 is 15.7 Å². The summed E-state index contributed by atoms with van der Waals surface area (Å²) in [4.78, 5) is 12.1. The molecule has 1 amide bonds. The molecule has 0 bridgehead atoms. The summed E-state index contributed by atoms with van der Waals surface area (Å²) in [6.07, 6.45) is 1.64. The second kappa shape index (κ2) is 9.08. The van der Waals surface area contributed by atoms with Crippen molar-refractivity contribution >= 4 is 18.3 Å². The van der Waals surface area contributed by atoms with Crippen LogP contribution in [0, 0.1) is 11.7 Å². The van der Waals surface area contributed by atoms with Crippen molar-refractivity contribution in [1.29, 1.82) is 0 Å². The first-order valence-corrected chi connectivity index (χ1v) is 7.51. The molecule has 1 fully saturated rings. The number of benzene rings is 1. The number of carbonyl (C=O) groups is 1. The van der Waals surface area contributed by atoms with E-state index in [1.54, 1.807) is 12.1 Å². The van der Waals surface area contributed by atoms with E-state index < -0.39 is 6.10 Å². The van der Waals surface area contributed by atoms with Crippen LogP contribution in [0.4, 0.5) is 4.39 Å². The Hall–Kier alpha value is -1.17. The first-order valence-electron chi connectivity index (χ1n) is 7.51. The van der Waals surface area contributed by atoms with Crippen LogP contribution in [0.25, 0.3) is 0 Å². The first kappa shape index (κ1) is 18.9. The molecule has 3 atom stereocenters. The predicted molar refractivity (Wildman–Crippen MR) is 86.4 cm³/mol. The second-order valence-electron chi connectivity index (χ2n) is 5.76. The Morgan fingerprint density at radius 1 is 1.45 bits per heavy atom. The fourth-order valence-electron chi connectivity index (χ4n) is 2.65. The third-order valence-corrected chi connectivity index (χ3v) is 3.89. The molecule has 124 valence electrons. The first-order chi connectivity index (χ1) is 10.1. The summed E-state index contributed by atoms with van der Waals surface area (Å²) in [5, 5.41) is 16.3. The Kier molecular flexibility index (Phi) is 7.79. The smallest absolute Gasteiger partial charge is 0.224 e. The lowest BCUT2D eigenvalue weighted by Crippen LogP contribution is -2.43. The predicted octanol–water partition coefficient (Wildman–Crippen LogP) is 2.18. The molecule has 22 heavy (non-hydrogen) atoms. The number of aliphatic hydroxyl groups is 1. The van der Waals surface area contributed by atoms with Crippen molar-refractivity contribution < 1.29 is 14.3 Å². The van der Waals surface area contributed by atoms with E-state index in [0.717, 1.165) is 25.9 Å². The highest BCUT2D eigenvalue weighted by Gasteiger charge is 2.23. The normalized spacial score (nSPS) is 20.6. The van der Waals surface area contributed by atoms with Gasteiger partial charge in [-0.05, 0) is 50.4 Å². The molecular weight excluding hydrogens is 307 g/mol. The van der Waals surface area contributed by atoms with Gasteiger partial charge in [0.25, 0.3) is 0 Å². The van der Waals surface area contributed by atoms with E-state index in [4.69, 9.17) is 0 Å². The fraction of sp³-hybridized carbons (Fsp3) is 0.562. The van der Waals surface area contributed by atoms with Gasteiger partial charge in [-0.2, -0.15) is 0 Å². The number of carbonyl (C=O) groups excluding carboxylic acids is 1. The highest BCUT2D eigenvalue weighted by molar-refractivity contribution is 5.85. The fourth-order valence-corrected chi connectivity index (χ4v) is 2.65. The van der Waals surface area contributed by atoms with Crippen LogP contribution in [0.2, 0.25) is 0 Å². The van der Waals surface area contributed by atoms with Gasteiger partial charge in [0.2, 0.25) is 5.91 Å². The van der Waals surface area contributed by atoms with Gasteiger partial charge in [-0.25, -0.2) is 4.39 Å². The number of rotatable bonds is 5. The molecule has 1 aliphatic heterocycles. The van der Waals surface area contributed by atoms with Crippen LogP contribution in [0.1, 0.15) is 37.9 Å². The van der Waals surface area contributed by atoms with Gasteiger partial charge in [-0.3, -0.25) is 4.79 Å². The molecule has 0 radical (unpaired) electrons. The molecule has 1 aliphatic rings. The minimum atomic E-state index is -0.703. The third-order valence-electron chi connectivity index (χ3n) is 3.89. The van der Waals surface area contributed by atoms with Crippen molar-refractivity contribution in [2.24, 2.45) is 5.92 Å². The zero-order chi connectivity index (χ0) is 15.2. The maximum atomic E-state index is 12.8. The van der Waals surface area contributed by atoms with Crippen molar-refractivity contribution in [3.05, 3.63) is 35.6 Å². The van der Waals surface area contributed by atoms with Crippen molar-refractivity contribution in [3.63, 3.8) is 0 Å². The maximum Gasteiger partial charge on any atom is 0.224 e. The standard InChI is InChI=1S/C16H23FN2O2.ClH/c1-11(19-16(21)13-3-2-8-18-10-13)9-15(20)12-4-6-14(17)7-5-12;/h4-7,11,13,15,18,20H,2-3,8-10H2,1H3,(H,19,21);1H. The summed E-state index contributed by atoms with van der Waals surface area (Å²) in [6, 6.07) is 5.67. The quantitative estimate of drug-likeness (QED) is 0.775. The molecule has 1 aromatic carbocycles. The van der Waals surface area contributed by atoms with E-state index in [2.05, 4.69) is 10.6 Å². The van der Waals surface area contributed by atoms with E-state index in [0.29, 0.717) is 12.0 Å². The number of hydrogen-bond donors (Lipinski definition) is 3. The molecule has 3 N–H and O–H groups in total. The van der Waals surface area contributed by atoms with Crippen LogP contribution < -0.4 is 10.6 Å². The monoisotopic (exact) mass is 330 g/mol. The summed E-state index contributed by atoms with van der Waals surface area (Å²) < 4.78 is 12.8. The molecule has 1 saturated heterocycles. The Bertz CT molecular complexity index is 464. The summed E-state index contributed by atoms with van der Waals surface area (Å²) in [7, 11) is 0. The topological polar surface area (TPSA) is 61.4 Å². The molecule has 3 unspecified atom stereocenters. The summed E-state index contributed by atoms with van der Waals surface area (Å²) >= 11 is 0. The number of piperidine rings is 1. The van der Waals surface area contributed by atoms with Gasteiger partial charge in [0.05, 0.1) is 12.0 Å². The summed E-state index contributed by atoms with van der Waals surface area (Å²) in [5.41, 5.74) is 0.664. The largest absolute Gasteiger partial charge is 0.388 e. The molecule has 0 aliphatic carbocycles. The summed E-state index contributed by atoms with van der Waals surface area (Å²) in [6.45, 7) is 3.57. The van der Waals surface area contributed by atoms with E-state index in [9.17, 15) is 14.3 Å². The molecule has 1 heterocycles. The van der Waals surface area contributed by atoms with E-state index in [1.807, 2.05) is 6.92 Å². The van der Waals surface area contributed by atoms with Crippen LogP contribution >= 0.6 is 12.4 Å². The third kappa shape index (κ3) is 5.55. The molecule has 2 rings (SSSR count). The number of aliphatic hydroxyl groups excluding tert-OH is 1. The van der Waals surface area contributed by atoms with Crippen molar-refractivity contribution in [2.45, 2.75) is 38.3 Å². The van der Waals surface area contributed by atoms with Crippen molar-refractivity contribution in [3.8, 4) is 0 Å². The van der Waals surface area contributed by atoms with Gasteiger partial charge >= 0.3 is 0 Å². The van der Waals surface area contributed by atoms with Crippen LogP contribution in [0.5, 0.6) is 0 Å². The second-order valence-corrected chi connectivity index (χ2v) is 5.76. The van der Waals surface area contributed by atoms with Crippen LogP contribution in [-0.4, -0.2) is 30.1 Å². The van der Waals surface area contributed by atoms with E-state index in [-0.39, 0.29) is 36.1 Å². The minimum Gasteiger partial charge on any atom is -0.388 e. The van der Waals surface area contributed by atoms with Crippen molar-refractivity contribution in [2.75, 3.05) is 13.1 Å². The van der Waals surface area contributed by atoms with Crippen LogP contribution in [0.3, 0.4) is 0 Å². The number of amides is 1. The van der Waals surface area contributed by atoms with Gasteiger partial charge in [0, 0.05) is 12.6 Å². The lowest BCUT2D eigenvalue weighted by Gasteiger charge is -2.25. The molecule has 6 heteroatoms. The SMILES string of the molecule is CC(CC(O)c1ccc(F)cc1)NC(=O)C1CCCNC1.Cl. The maximum absolute atomic E-state index is 12.8. The van der Waals surface area contributed by atoms with Gasteiger partial charge in [0.15, 0.2) is 0 Å². The van der Waals surface area contributed by atoms with E-state index >= 15 is 0 Å². The molecular formula is C16H24ClFN2O2. The molecule has 4 nitrogen and oxygen atoms in total. The lowest BCUT2D eigenvalue weighted by molar-refractivity contribution is -0.126. The lowest BCUT2D eigenvalue weighted by atomic mass is 9.97. The van der Waals surface area contributed by atoms with Crippen molar-refractivity contribution in [1.82, 2.24) is 10.6 Å². The van der Waals surface area contributed by atoms with E-state index in [1.165, 1.54) is 12.1 Å². The highest BCUT2D eigenvalue weighted by Crippen LogP contribution is 2.19. The molecule has 0 aromatic heterocycles. The zero-order valence-electron chi connectivity index (χ0n) is 12.7. The Balaban J connectivity index is 0.00000242. The minimum absolute atomic E-state index is 0. The Labute approximate surface area is 136 Å². The molecule has 1 aromatic rings. The van der Waals surface area contributed by atoms with Gasteiger partial charge in [0.1, 0.15) is 5.82 Å². The van der Waals surface area contributed by atoms with Gasteiger partial charge in [-0.1, -0.05) is 12.1 Å².